The highest BCUT2D eigenvalue weighted by atomic mass is 32.2. The van der Waals surface area contributed by atoms with Gasteiger partial charge in [-0.25, -0.2) is 13.2 Å². The lowest BCUT2D eigenvalue weighted by atomic mass is 10.2. The van der Waals surface area contributed by atoms with E-state index in [1.807, 2.05) is 0 Å². The van der Waals surface area contributed by atoms with Crippen LogP contribution in [0.25, 0.3) is 0 Å². The third-order valence-electron chi connectivity index (χ3n) is 3.67. The van der Waals surface area contributed by atoms with E-state index in [9.17, 15) is 18.0 Å². The van der Waals surface area contributed by atoms with Crippen molar-refractivity contribution in [3.05, 3.63) is 53.6 Å². The SMILES string of the molecule is CCOC(=O)c1ccccc1NC(=O)CNc1ccc(C)cc1S(C)(=O)=O. The summed E-state index contributed by atoms with van der Waals surface area (Å²) in [4.78, 5) is 24.4. The molecular formula is C19H22N2O5S. The van der Waals surface area contributed by atoms with Crippen LogP contribution in [-0.4, -0.2) is 39.7 Å². The standard InChI is InChI=1S/C19H22N2O5S/c1-4-26-19(23)14-7-5-6-8-15(14)21-18(22)12-20-16-10-9-13(2)11-17(16)27(3,24)25/h5-11,20H,4,12H2,1-3H3,(H,21,22). The van der Waals surface area contributed by atoms with Gasteiger partial charge < -0.3 is 15.4 Å². The van der Waals surface area contributed by atoms with Gasteiger partial charge in [0.2, 0.25) is 5.91 Å². The van der Waals surface area contributed by atoms with Crippen LogP contribution in [0.1, 0.15) is 22.8 Å². The number of nitrogens with one attached hydrogen (secondary N) is 2. The highest BCUT2D eigenvalue weighted by Crippen LogP contribution is 2.22. The van der Waals surface area contributed by atoms with Gasteiger partial charge in [0, 0.05) is 6.26 Å². The molecule has 0 radical (unpaired) electrons. The maximum atomic E-state index is 12.3. The first kappa shape index (κ1) is 20.4. The summed E-state index contributed by atoms with van der Waals surface area (Å²) in [5, 5.41) is 5.47. The van der Waals surface area contributed by atoms with Gasteiger partial charge in [-0.3, -0.25) is 4.79 Å². The fourth-order valence-electron chi connectivity index (χ4n) is 2.43. The molecule has 0 spiro atoms. The molecule has 0 aliphatic rings. The van der Waals surface area contributed by atoms with E-state index in [1.54, 1.807) is 56.3 Å². The van der Waals surface area contributed by atoms with Crippen LogP contribution in [-0.2, 0) is 19.4 Å². The van der Waals surface area contributed by atoms with E-state index in [0.717, 1.165) is 11.8 Å². The Bertz CT molecular complexity index is 954. The van der Waals surface area contributed by atoms with E-state index in [0.29, 0.717) is 11.4 Å². The predicted molar refractivity (Wildman–Crippen MR) is 104 cm³/mol. The molecule has 0 aliphatic heterocycles. The second kappa shape index (κ2) is 8.68. The Morgan fingerprint density at radius 1 is 1.07 bits per heavy atom. The fourth-order valence-corrected chi connectivity index (χ4v) is 3.37. The number of esters is 1. The monoisotopic (exact) mass is 390 g/mol. The Morgan fingerprint density at radius 3 is 2.44 bits per heavy atom. The van der Waals surface area contributed by atoms with Gasteiger partial charge in [-0.1, -0.05) is 18.2 Å². The van der Waals surface area contributed by atoms with E-state index in [2.05, 4.69) is 10.6 Å². The summed E-state index contributed by atoms with van der Waals surface area (Å²) in [6, 6.07) is 11.4. The van der Waals surface area contributed by atoms with Crippen LogP contribution in [0, 0.1) is 6.92 Å². The number of rotatable bonds is 7. The van der Waals surface area contributed by atoms with Crippen LogP contribution >= 0.6 is 0 Å². The maximum absolute atomic E-state index is 12.3. The Hall–Kier alpha value is -2.87. The van der Waals surface area contributed by atoms with Gasteiger partial charge in [0.15, 0.2) is 9.84 Å². The number of benzene rings is 2. The third kappa shape index (κ3) is 5.55. The number of anilines is 2. The summed E-state index contributed by atoms with van der Waals surface area (Å²) in [6.45, 7) is 3.55. The number of aryl methyl sites for hydroxylation is 1. The molecule has 0 aliphatic carbocycles. The van der Waals surface area contributed by atoms with E-state index in [4.69, 9.17) is 4.74 Å². The number of amides is 1. The van der Waals surface area contributed by atoms with Crippen LogP contribution < -0.4 is 10.6 Å². The van der Waals surface area contributed by atoms with Gasteiger partial charge >= 0.3 is 5.97 Å². The van der Waals surface area contributed by atoms with Gasteiger partial charge in [-0.05, 0) is 43.7 Å². The summed E-state index contributed by atoms with van der Waals surface area (Å²) in [7, 11) is -3.44. The van der Waals surface area contributed by atoms with Crippen molar-refractivity contribution in [1.82, 2.24) is 0 Å². The Morgan fingerprint density at radius 2 is 1.78 bits per heavy atom. The minimum Gasteiger partial charge on any atom is -0.462 e. The Balaban J connectivity index is 2.12. The number of carbonyl (C=O) groups excluding carboxylic acids is 2. The maximum Gasteiger partial charge on any atom is 0.340 e. The molecule has 2 N–H and O–H groups in total. The average Bonchev–Trinajstić information content (AvgIpc) is 2.60. The summed E-state index contributed by atoms with van der Waals surface area (Å²) in [6.07, 6.45) is 1.11. The average molecular weight is 390 g/mol. The molecule has 0 unspecified atom stereocenters. The minimum atomic E-state index is -3.44. The molecule has 1 amide bonds. The van der Waals surface area contributed by atoms with Crippen LogP contribution in [0.15, 0.2) is 47.4 Å². The quantitative estimate of drug-likeness (QED) is 0.705. The number of hydrogen-bond acceptors (Lipinski definition) is 6. The lowest BCUT2D eigenvalue weighted by molar-refractivity contribution is -0.114. The highest BCUT2D eigenvalue weighted by molar-refractivity contribution is 7.90. The van der Waals surface area contributed by atoms with Crippen molar-refractivity contribution in [2.75, 3.05) is 30.0 Å². The largest absolute Gasteiger partial charge is 0.462 e. The molecule has 0 saturated heterocycles. The molecule has 0 atom stereocenters. The first-order valence-electron chi connectivity index (χ1n) is 8.33. The molecular weight excluding hydrogens is 368 g/mol. The van der Waals surface area contributed by atoms with Gasteiger partial charge in [0.05, 0.1) is 35.0 Å². The molecule has 2 aromatic rings. The van der Waals surface area contributed by atoms with Crippen LogP contribution in [0.2, 0.25) is 0 Å². The zero-order valence-corrected chi connectivity index (χ0v) is 16.2. The summed E-state index contributed by atoms with van der Waals surface area (Å²) in [5.74, 6) is -0.953. The molecule has 2 rings (SSSR count). The summed E-state index contributed by atoms with van der Waals surface area (Å²) >= 11 is 0. The second-order valence-corrected chi connectivity index (χ2v) is 7.92. The Labute approximate surface area is 158 Å². The molecule has 144 valence electrons. The number of para-hydroxylation sites is 1. The first-order chi connectivity index (χ1) is 12.7. The summed E-state index contributed by atoms with van der Waals surface area (Å²) in [5.41, 5.74) is 1.72. The van der Waals surface area contributed by atoms with Crippen molar-refractivity contribution in [2.45, 2.75) is 18.7 Å². The first-order valence-corrected chi connectivity index (χ1v) is 10.2. The molecule has 8 heteroatoms. The summed E-state index contributed by atoms with van der Waals surface area (Å²) < 4.78 is 28.8. The van der Waals surface area contributed by atoms with E-state index < -0.39 is 21.7 Å². The molecule has 0 aromatic heterocycles. The molecule has 0 fully saturated rings. The van der Waals surface area contributed by atoms with Crippen LogP contribution in [0.5, 0.6) is 0 Å². The lowest BCUT2D eigenvalue weighted by Gasteiger charge is -2.13. The molecule has 7 nitrogen and oxygen atoms in total. The van der Waals surface area contributed by atoms with Gasteiger partial charge in [0.25, 0.3) is 0 Å². The van der Waals surface area contributed by atoms with Crippen molar-refractivity contribution >= 4 is 33.1 Å². The molecule has 0 heterocycles. The normalized spacial score (nSPS) is 10.9. The third-order valence-corrected chi connectivity index (χ3v) is 4.81. The fraction of sp³-hybridized carbons (Fsp3) is 0.263. The number of sulfone groups is 1. The highest BCUT2D eigenvalue weighted by Gasteiger charge is 2.16. The Kier molecular flexibility index (Phi) is 6.57. The van der Waals surface area contributed by atoms with Gasteiger partial charge in [-0.15, -0.1) is 0 Å². The smallest absolute Gasteiger partial charge is 0.340 e. The van der Waals surface area contributed by atoms with Crippen LogP contribution in [0.3, 0.4) is 0 Å². The topological polar surface area (TPSA) is 102 Å². The van der Waals surface area contributed by atoms with Gasteiger partial charge in [-0.2, -0.15) is 0 Å². The van der Waals surface area contributed by atoms with E-state index >= 15 is 0 Å². The van der Waals surface area contributed by atoms with Crippen LogP contribution in [0.4, 0.5) is 11.4 Å². The predicted octanol–water partition coefficient (Wildman–Crippen LogP) is 2.63. The number of ether oxygens (including phenoxy) is 1. The zero-order valence-electron chi connectivity index (χ0n) is 15.4. The van der Waals surface area contributed by atoms with Crippen molar-refractivity contribution in [1.29, 1.82) is 0 Å². The molecule has 27 heavy (non-hydrogen) atoms. The number of hydrogen-bond donors (Lipinski definition) is 2. The minimum absolute atomic E-state index is 0.127. The van der Waals surface area contributed by atoms with Crippen molar-refractivity contribution in [3.8, 4) is 0 Å². The van der Waals surface area contributed by atoms with E-state index in [-0.39, 0.29) is 23.6 Å². The van der Waals surface area contributed by atoms with Crippen molar-refractivity contribution < 1.29 is 22.7 Å². The molecule has 0 bridgehead atoms. The van der Waals surface area contributed by atoms with Crippen molar-refractivity contribution in [2.24, 2.45) is 0 Å². The lowest BCUT2D eigenvalue weighted by Crippen LogP contribution is -2.24. The van der Waals surface area contributed by atoms with E-state index in [1.165, 1.54) is 0 Å². The molecule has 2 aromatic carbocycles. The van der Waals surface area contributed by atoms with Crippen molar-refractivity contribution in [3.63, 3.8) is 0 Å². The zero-order chi connectivity index (χ0) is 20.0. The second-order valence-electron chi connectivity index (χ2n) is 5.94. The van der Waals surface area contributed by atoms with Gasteiger partial charge in [0.1, 0.15) is 0 Å². The molecule has 0 saturated carbocycles. The number of carbonyl (C=O) groups is 2.